The van der Waals surface area contributed by atoms with E-state index in [-0.39, 0.29) is 5.92 Å². The third-order valence-electron chi connectivity index (χ3n) is 3.92. The molecule has 16 heavy (non-hydrogen) atoms. The van der Waals surface area contributed by atoms with E-state index in [2.05, 4.69) is 10.2 Å². The van der Waals surface area contributed by atoms with Gasteiger partial charge in [-0.25, -0.2) is 0 Å². The van der Waals surface area contributed by atoms with Crippen LogP contribution in [0.25, 0.3) is 0 Å². The Morgan fingerprint density at radius 1 is 1.12 bits per heavy atom. The van der Waals surface area contributed by atoms with Gasteiger partial charge < -0.3 is 10.2 Å². The summed E-state index contributed by atoms with van der Waals surface area (Å²) in [6.45, 7) is 6.18. The van der Waals surface area contributed by atoms with Crippen molar-refractivity contribution in [2.45, 2.75) is 58.0 Å². The highest BCUT2D eigenvalue weighted by molar-refractivity contribution is 5.79. The van der Waals surface area contributed by atoms with Crippen molar-refractivity contribution in [1.82, 2.24) is 10.2 Å². The molecule has 1 saturated carbocycles. The number of carbonyl (C=O) groups excluding carboxylic acids is 1. The minimum Gasteiger partial charge on any atom is -0.336 e. The molecule has 1 saturated heterocycles. The Balaban J connectivity index is 2.03. The van der Waals surface area contributed by atoms with Crippen LogP contribution in [0.3, 0.4) is 0 Å². The fraction of sp³-hybridized carbons (Fsp3) is 0.923. The predicted molar refractivity (Wildman–Crippen MR) is 65.2 cm³/mol. The van der Waals surface area contributed by atoms with E-state index in [1.54, 1.807) is 0 Å². The second kappa shape index (κ2) is 5.17. The lowest BCUT2D eigenvalue weighted by atomic mass is 9.87. The van der Waals surface area contributed by atoms with Gasteiger partial charge in [0.05, 0.1) is 0 Å². The van der Waals surface area contributed by atoms with E-state index in [9.17, 15) is 4.79 Å². The zero-order chi connectivity index (χ0) is 11.5. The van der Waals surface area contributed by atoms with Crippen LogP contribution in [0.4, 0.5) is 0 Å². The number of amides is 1. The normalized spacial score (nSPS) is 23.2. The van der Waals surface area contributed by atoms with E-state index in [0.717, 1.165) is 25.9 Å². The summed E-state index contributed by atoms with van der Waals surface area (Å²) in [5.74, 6) is 0.520. The third-order valence-corrected chi connectivity index (χ3v) is 3.92. The van der Waals surface area contributed by atoms with Crippen LogP contribution in [0.15, 0.2) is 0 Å². The molecule has 0 aromatic rings. The fourth-order valence-electron chi connectivity index (χ4n) is 2.71. The number of piperidine rings is 1. The molecule has 1 aliphatic heterocycles. The van der Waals surface area contributed by atoms with Gasteiger partial charge in [-0.05, 0) is 45.2 Å². The number of nitrogens with one attached hydrogen (secondary N) is 1. The van der Waals surface area contributed by atoms with Gasteiger partial charge in [-0.3, -0.25) is 4.79 Å². The summed E-state index contributed by atoms with van der Waals surface area (Å²) in [6, 6.07) is 1.06. The van der Waals surface area contributed by atoms with Crippen molar-refractivity contribution in [2.24, 2.45) is 5.92 Å². The molecule has 0 spiro atoms. The van der Waals surface area contributed by atoms with Crippen molar-refractivity contribution in [3.63, 3.8) is 0 Å². The summed E-state index contributed by atoms with van der Waals surface area (Å²) in [7, 11) is 0. The van der Waals surface area contributed by atoms with E-state index in [0.29, 0.717) is 18.0 Å². The van der Waals surface area contributed by atoms with Crippen LogP contribution in [-0.2, 0) is 4.79 Å². The van der Waals surface area contributed by atoms with Gasteiger partial charge in [-0.2, -0.15) is 0 Å². The van der Waals surface area contributed by atoms with E-state index in [1.807, 2.05) is 13.8 Å². The van der Waals surface area contributed by atoms with E-state index in [1.165, 1.54) is 19.3 Å². The monoisotopic (exact) mass is 224 g/mol. The van der Waals surface area contributed by atoms with Crippen LogP contribution >= 0.6 is 0 Å². The first-order valence-electron chi connectivity index (χ1n) is 6.73. The van der Waals surface area contributed by atoms with Crippen molar-refractivity contribution in [3.05, 3.63) is 0 Å². The smallest absolute Gasteiger partial charge is 0.225 e. The highest BCUT2D eigenvalue weighted by Crippen LogP contribution is 2.30. The Kier molecular flexibility index (Phi) is 3.85. The Bertz CT molecular complexity index is 242. The minimum atomic E-state index is 0.149. The molecule has 1 N–H and O–H groups in total. The number of carbonyl (C=O) groups is 1. The third kappa shape index (κ3) is 2.40. The van der Waals surface area contributed by atoms with Gasteiger partial charge in [0.1, 0.15) is 0 Å². The second-order valence-corrected chi connectivity index (χ2v) is 5.47. The molecule has 0 bridgehead atoms. The molecule has 0 unspecified atom stereocenters. The molecule has 1 aliphatic carbocycles. The number of nitrogens with zero attached hydrogens (tertiary/aromatic N) is 1. The Hall–Kier alpha value is -0.570. The average molecular weight is 224 g/mol. The van der Waals surface area contributed by atoms with E-state index < -0.39 is 0 Å². The van der Waals surface area contributed by atoms with Crippen LogP contribution in [0.2, 0.25) is 0 Å². The lowest BCUT2D eigenvalue weighted by Gasteiger charge is -2.45. The minimum absolute atomic E-state index is 0.149. The quantitative estimate of drug-likeness (QED) is 0.792. The van der Waals surface area contributed by atoms with Crippen molar-refractivity contribution in [2.75, 3.05) is 13.1 Å². The summed E-state index contributed by atoms with van der Waals surface area (Å²) in [4.78, 5) is 14.5. The first kappa shape index (κ1) is 11.9. The molecule has 2 fully saturated rings. The predicted octanol–water partition coefficient (Wildman–Crippen LogP) is 1.78. The van der Waals surface area contributed by atoms with Gasteiger partial charge >= 0.3 is 0 Å². The summed E-state index contributed by atoms with van der Waals surface area (Å²) in [5.41, 5.74) is 0. The second-order valence-electron chi connectivity index (χ2n) is 5.47. The maximum Gasteiger partial charge on any atom is 0.225 e. The zero-order valence-corrected chi connectivity index (χ0v) is 10.5. The number of hydrogen-bond acceptors (Lipinski definition) is 2. The first-order valence-corrected chi connectivity index (χ1v) is 6.73. The van der Waals surface area contributed by atoms with Gasteiger partial charge in [0, 0.05) is 18.0 Å². The van der Waals surface area contributed by atoms with Gasteiger partial charge in [0.25, 0.3) is 0 Å². The first-order chi connectivity index (χ1) is 7.70. The topological polar surface area (TPSA) is 32.3 Å². The van der Waals surface area contributed by atoms with E-state index >= 15 is 0 Å². The van der Waals surface area contributed by atoms with Gasteiger partial charge in [-0.15, -0.1) is 0 Å². The van der Waals surface area contributed by atoms with Crippen molar-refractivity contribution < 1.29 is 4.79 Å². The highest BCUT2D eigenvalue weighted by Gasteiger charge is 2.35. The van der Waals surface area contributed by atoms with Crippen molar-refractivity contribution >= 4 is 5.91 Å². The summed E-state index contributed by atoms with van der Waals surface area (Å²) < 4.78 is 0. The largest absolute Gasteiger partial charge is 0.336 e. The maximum atomic E-state index is 12.3. The molecule has 0 radical (unpaired) electrons. The maximum absolute atomic E-state index is 12.3. The van der Waals surface area contributed by atoms with Crippen molar-refractivity contribution in [1.29, 1.82) is 0 Å². The van der Waals surface area contributed by atoms with Gasteiger partial charge in [0.2, 0.25) is 5.91 Å². The highest BCUT2D eigenvalue weighted by atomic mass is 16.2. The summed E-state index contributed by atoms with van der Waals surface area (Å²) in [5, 5.41) is 3.37. The molecule has 0 atom stereocenters. The summed E-state index contributed by atoms with van der Waals surface area (Å²) >= 11 is 0. The van der Waals surface area contributed by atoms with Crippen LogP contribution in [0.1, 0.15) is 46.0 Å². The molecular weight excluding hydrogens is 200 g/mol. The Morgan fingerprint density at radius 3 is 2.12 bits per heavy atom. The summed E-state index contributed by atoms with van der Waals surface area (Å²) in [6.07, 6.45) is 6.02. The van der Waals surface area contributed by atoms with Crippen LogP contribution < -0.4 is 5.32 Å². The average Bonchev–Trinajstić information content (AvgIpc) is 2.23. The standard InChI is InChI=1S/C13H24N2O/c1-10(2)13(16)15(11-4-3-5-11)12-6-8-14-9-7-12/h10-12,14H,3-9H2,1-2H3. The van der Waals surface area contributed by atoms with E-state index in [4.69, 9.17) is 0 Å². The zero-order valence-electron chi connectivity index (χ0n) is 10.5. The SMILES string of the molecule is CC(C)C(=O)N(C1CCC1)C1CCNCC1. The van der Waals surface area contributed by atoms with Gasteiger partial charge in [0.15, 0.2) is 0 Å². The molecule has 0 aromatic carbocycles. The van der Waals surface area contributed by atoms with Crippen molar-refractivity contribution in [3.8, 4) is 0 Å². The van der Waals surface area contributed by atoms with Crippen LogP contribution in [0, 0.1) is 5.92 Å². The molecule has 2 aliphatic rings. The molecule has 1 heterocycles. The Labute approximate surface area is 98.6 Å². The Morgan fingerprint density at radius 2 is 1.69 bits per heavy atom. The van der Waals surface area contributed by atoms with Crippen LogP contribution in [0.5, 0.6) is 0 Å². The molecule has 92 valence electrons. The molecule has 1 amide bonds. The molecule has 0 aromatic heterocycles. The fourth-order valence-corrected chi connectivity index (χ4v) is 2.71. The van der Waals surface area contributed by atoms with Crippen LogP contribution in [-0.4, -0.2) is 36.0 Å². The number of hydrogen-bond donors (Lipinski definition) is 1. The molecular formula is C13H24N2O. The lowest BCUT2D eigenvalue weighted by Crippen LogP contribution is -2.54. The molecule has 2 rings (SSSR count). The number of rotatable bonds is 3. The molecule has 3 heteroatoms. The van der Waals surface area contributed by atoms with Gasteiger partial charge in [-0.1, -0.05) is 13.8 Å². The molecule has 3 nitrogen and oxygen atoms in total. The lowest BCUT2D eigenvalue weighted by molar-refractivity contribution is -0.142.